The molecule has 0 heterocycles. The highest BCUT2D eigenvalue weighted by Gasteiger charge is 2.82. The van der Waals surface area contributed by atoms with Crippen LogP contribution in [0.4, 0.5) is 26.3 Å². The van der Waals surface area contributed by atoms with Crippen LogP contribution in [0.15, 0.2) is 47.4 Å². The van der Waals surface area contributed by atoms with Crippen LogP contribution in [0.2, 0.25) is 0 Å². The third-order valence-corrected chi connectivity index (χ3v) is 6.13. The summed E-state index contributed by atoms with van der Waals surface area (Å²) >= 11 is 0. The van der Waals surface area contributed by atoms with Gasteiger partial charge in [-0.05, 0) is 22.9 Å². The maximum Gasteiger partial charge on any atom is 0.439 e. The molecule has 0 amide bonds. The summed E-state index contributed by atoms with van der Waals surface area (Å²) < 4.78 is 134. The van der Waals surface area contributed by atoms with Crippen molar-refractivity contribution in [2.45, 2.75) is 21.3 Å². The van der Waals surface area contributed by atoms with Gasteiger partial charge in [0, 0.05) is 0 Å². The van der Waals surface area contributed by atoms with Crippen molar-refractivity contribution in [3.05, 3.63) is 42.5 Å². The molecular formula is C13H8F6O5S2. The third-order valence-electron chi connectivity index (χ3n) is 3.42. The van der Waals surface area contributed by atoms with Crippen molar-refractivity contribution < 1.29 is 47.7 Å². The molecule has 0 radical (unpaired) electrons. The van der Waals surface area contributed by atoms with Gasteiger partial charge in [-0.3, -0.25) is 4.55 Å². The molecule has 1 N–H and O–H groups in total. The van der Waals surface area contributed by atoms with E-state index in [1.54, 1.807) is 0 Å². The van der Waals surface area contributed by atoms with Crippen molar-refractivity contribution in [1.82, 2.24) is 0 Å². The summed E-state index contributed by atoms with van der Waals surface area (Å²) in [5, 5.41) is -13.0. The van der Waals surface area contributed by atoms with Gasteiger partial charge in [0.05, 0.1) is 4.90 Å². The Bertz CT molecular complexity index is 1060. The zero-order valence-corrected chi connectivity index (χ0v) is 13.8. The molecular weight excluding hydrogens is 414 g/mol. The van der Waals surface area contributed by atoms with Crippen molar-refractivity contribution in [2.75, 3.05) is 0 Å². The number of hydrogen-bond donors (Lipinski definition) is 1. The highest BCUT2D eigenvalue weighted by Crippen LogP contribution is 2.52. The van der Waals surface area contributed by atoms with E-state index < -0.39 is 41.3 Å². The van der Waals surface area contributed by atoms with Crippen LogP contribution in [0.3, 0.4) is 0 Å². The second-order valence-electron chi connectivity index (χ2n) is 5.10. The van der Waals surface area contributed by atoms with Gasteiger partial charge in [0.25, 0.3) is 0 Å². The van der Waals surface area contributed by atoms with E-state index in [0.29, 0.717) is 17.5 Å². The van der Waals surface area contributed by atoms with Gasteiger partial charge in [0.2, 0.25) is 9.84 Å². The first-order valence-electron chi connectivity index (χ1n) is 6.41. The second kappa shape index (κ2) is 5.82. The predicted molar refractivity (Wildman–Crippen MR) is 77.5 cm³/mol. The molecule has 0 saturated heterocycles. The summed E-state index contributed by atoms with van der Waals surface area (Å²) in [7, 11) is -13.5. The van der Waals surface area contributed by atoms with Crippen LogP contribution in [0.5, 0.6) is 0 Å². The topological polar surface area (TPSA) is 88.5 Å². The van der Waals surface area contributed by atoms with Crippen LogP contribution in [0.25, 0.3) is 10.8 Å². The van der Waals surface area contributed by atoms with E-state index in [9.17, 15) is 43.2 Å². The molecule has 0 atom stereocenters. The quantitative estimate of drug-likeness (QED) is 0.590. The van der Waals surface area contributed by atoms with E-state index in [1.165, 1.54) is 24.3 Å². The molecule has 2 rings (SSSR count). The van der Waals surface area contributed by atoms with Gasteiger partial charge in [-0.2, -0.15) is 34.8 Å². The Hall–Kier alpha value is -1.86. The average molecular weight is 422 g/mol. The maximum atomic E-state index is 13.9. The lowest BCUT2D eigenvalue weighted by Crippen LogP contribution is -2.60. The normalized spacial score (nSPS) is 14.6. The molecule has 0 aromatic heterocycles. The molecule has 0 aliphatic rings. The minimum Gasteiger partial charge on any atom is -0.281 e. The minimum absolute atomic E-state index is 0.0224. The summed E-state index contributed by atoms with van der Waals surface area (Å²) in [4.78, 5) is -1.44. The molecule has 5 nitrogen and oxygen atoms in total. The number of fused-ring (bicyclic) bond motifs is 1. The predicted octanol–water partition coefficient (Wildman–Crippen LogP) is 3.32. The molecule has 0 aliphatic heterocycles. The highest BCUT2D eigenvalue weighted by atomic mass is 32.2. The van der Waals surface area contributed by atoms with Crippen LogP contribution >= 0.6 is 0 Å². The first-order chi connectivity index (χ1) is 11.6. The molecule has 2 aromatic rings. The lowest BCUT2D eigenvalue weighted by Gasteiger charge is -2.30. The summed E-state index contributed by atoms with van der Waals surface area (Å²) in [5.74, 6) is -6.96. The van der Waals surface area contributed by atoms with Crippen LogP contribution < -0.4 is 0 Å². The average Bonchev–Trinajstić information content (AvgIpc) is 2.52. The Kier molecular flexibility index (Phi) is 4.58. The largest absolute Gasteiger partial charge is 0.439 e. The molecule has 144 valence electrons. The molecule has 0 unspecified atom stereocenters. The van der Waals surface area contributed by atoms with E-state index in [4.69, 9.17) is 4.55 Å². The monoisotopic (exact) mass is 422 g/mol. The summed E-state index contributed by atoms with van der Waals surface area (Å²) in [6.45, 7) is 0. The lowest BCUT2D eigenvalue weighted by atomic mass is 10.1. The first-order valence-corrected chi connectivity index (χ1v) is 9.33. The van der Waals surface area contributed by atoms with E-state index in [1.807, 2.05) is 0 Å². The first kappa shape index (κ1) is 20.5. The molecule has 0 saturated carbocycles. The lowest BCUT2D eigenvalue weighted by molar-refractivity contribution is -0.245. The fourth-order valence-electron chi connectivity index (χ4n) is 1.98. The fraction of sp³-hybridized carbons (Fsp3) is 0.231. The zero-order chi connectivity index (χ0) is 20.2. The number of halogens is 6. The second-order valence-corrected chi connectivity index (χ2v) is 8.55. The SMILES string of the molecule is O=S(=O)(O)C(F)(F)C(F)(F)C(F)(F)S(=O)(=O)c1ccc2ccccc2c1. The molecule has 0 fully saturated rings. The summed E-state index contributed by atoms with van der Waals surface area (Å²) in [5.41, 5.74) is 0. The number of rotatable bonds is 5. The van der Waals surface area contributed by atoms with Crippen molar-refractivity contribution in [3.63, 3.8) is 0 Å². The third kappa shape index (κ3) is 2.74. The fourth-order valence-corrected chi connectivity index (χ4v) is 3.79. The molecule has 13 heteroatoms. The number of benzene rings is 2. The molecule has 0 aliphatic carbocycles. The van der Waals surface area contributed by atoms with Crippen LogP contribution in [-0.4, -0.2) is 37.8 Å². The Morgan fingerprint density at radius 1 is 0.731 bits per heavy atom. The van der Waals surface area contributed by atoms with E-state index in [2.05, 4.69) is 0 Å². The minimum atomic E-state index is -7.05. The van der Waals surface area contributed by atoms with Gasteiger partial charge in [0.1, 0.15) is 0 Å². The number of sulfone groups is 1. The Labute approximate surface area is 142 Å². The number of alkyl halides is 6. The van der Waals surface area contributed by atoms with E-state index in [-0.39, 0.29) is 5.39 Å². The van der Waals surface area contributed by atoms with Crippen molar-refractivity contribution in [3.8, 4) is 0 Å². The van der Waals surface area contributed by atoms with E-state index >= 15 is 0 Å². The van der Waals surface area contributed by atoms with Gasteiger partial charge in [-0.1, -0.05) is 30.3 Å². The van der Waals surface area contributed by atoms with Gasteiger partial charge in [0.15, 0.2) is 0 Å². The Morgan fingerprint density at radius 2 is 1.23 bits per heavy atom. The summed E-state index contributed by atoms with van der Waals surface area (Å²) in [6.07, 6.45) is 0. The molecule has 26 heavy (non-hydrogen) atoms. The molecule has 0 bridgehead atoms. The molecule has 0 spiro atoms. The van der Waals surface area contributed by atoms with Crippen molar-refractivity contribution in [1.29, 1.82) is 0 Å². The zero-order valence-electron chi connectivity index (χ0n) is 12.2. The van der Waals surface area contributed by atoms with Crippen LogP contribution in [0, 0.1) is 0 Å². The maximum absolute atomic E-state index is 13.9. The molecule has 2 aromatic carbocycles. The standard InChI is InChI=1S/C13H8F6O5S2/c14-11(15,13(18,19)26(22,23)24)12(16,17)25(20,21)10-6-5-8-3-1-2-4-9(8)7-10/h1-7H,(H,22,23,24). The van der Waals surface area contributed by atoms with Gasteiger partial charge >= 0.3 is 26.5 Å². The summed E-state index contributed by atoms with van der Waals surface area (Å²) in [6, 6.07) is 7.55. The highest BCUT2D eigenvalue weighted by molar-refractivity contribution is 7.92. The Morgan fingerprint density at radius 3 is 1.73 bits per heavy atom. The van der Waals surface area contributed by atoms with Crippen LogP contribution in [0.1, 0.15) is 0 Å². The van der Waals surface area contributed by atoms with Crippen molar-refractivity contribution in [2.24, 2.45) is 0 Å². The van der Waals surface area contributed by atoms with Gasteiger partial charge in [-0.25, -0.2) is 8.42 Å². The van der Waals surface area contributed by atoms with E-state index in [0.717, 1.165) is 6.07 Å². The van der Waals surface area contributed by atoms with Gasteiger partial charge in [-0.15, -0.1) is 0 Å². The Balaban J connectivity index is 2.68. The van der Waals surface area contributed by atoms with Crippen molar-refractivity contribution >= 4 is 30.7 Å². The van der Waals surface area contributed by atoms with Gasteiger partial charge < -0.3 is 0 Å². The smallest absolute Gasteiger partial charge is 0.281 e. The number of hydrogen-bond acceptors (Lipinski definition) is 4. The van der Waals surface area contributed by atoms with Crippen LogP contribution in [-0.2, 0) is 20.0 Å².